The van der Waals surface area contributed by atoms with Crippen LogP contribution in [0.1, 0.15) is 26.2 Å². The topological polar surface area (TPSA) is 61.5 Å². The van der Waals surface area contributed by atoms with Crippen LogP contribution in [-0.2, 0) is 14.3 Å². The highest BCUT2D eigenvalue weighted by Gasteiger charge is 2.17. The van der Waals surface area contributed by atoms with Crippen molar-refractivity contribution in [2.45, 2.75) is 38.3 Å². The van der Waals surface area contributed by atoms with Crippen LogP contribution in [-0.4, -0.2) is 42.8 Å². The monoisotopic (exact) mass is 247 g/mol. The van der Waals surface area contributed by atoms with Crippen LogP contribution in [0.15, 0.2) is 0 Å². The minimum absolute atomic E-state index is 0.291. The quantitative estimate of drug-likeness (QED) is 0.540. The summed E-state index contributed by atoms with van der Waals surface area (Å²) in [6.45, 7) is 3.08. The number of hydrogen-bond acceptors (Lipinski definition) is 5. The fourth-order valence-corrected chi connectivity index (χ4v) is 2.68. The number of hydrogen-bond donors (Lipinski definition) is 1. The third-order valence-corrected chi connectivity index (χ3v) is 3.62. The van der Waals surface area contributed by atoms with Gasteiger partial charge in [-0.05, 0) is 31.9 Å². The van der Waals surface area contributed by atoms with Crippen LogP contribution >= 0.6 is 11.8 Å². The third kappa shape index (κ3) is 5.18. The first-order chi connectivity index (χ1) is 7.74. The Kier molecular flexibility index (Phi) is 6.84. The number of carbonyl (C=O) groups is 1. The Balaban J connectivity index is 1.99. The number of nitrogens with two attached hydrogens (primary N) is 1. The van der Waals surface area contributed by atoms with Crippen LogP contribution in [0.25, 0.3) is 0 Å². The van der Waals surface area contributed by atoms with Crippen molar-refractivity contribution < 1.29 is 14.3 Å². The summed E-state index contributed by atoms with van der Waals surface area (Å²) in [6.07, 6.45) is 3.42. The van der Waals surface area contributed by atoms with Crippen LogP contribution in [0, 0.1) is 0 Å². The van der Waals surface area contributed by atoms with Gasteiger partial charge >= 0.3 is 5.97 Å². The molecule has 0 aliphatic carbocycles. The minimum Gasteiger partial charge on any atom is -0.465 e. The van der Waals surface area contributed by atoms with Gasteiger partial charge in [-0.2, -0.15) is 11.8 Å². The Morgan fingerprint density at radius 3 is 3.12 bits per heavy atom. The number of thioether (sulfide) groups is 1. The summed E-state index contributed by atoms with van der Waals surface area (Å²) in [6, 6.07) is -0.475. The zero-order chi connectivity index (χ0) is 11.8. The summed E-state index contributed by atoms with van der Waals surface area (Å²) < 4.78 is 10.3. The molecule has 1 rings (SSSR count). The zero-order valence-electron chi connectivity index (χ0n) is 9.81. The SMILES string of the molecule is CCOC(=O)C(N)CCSCC1CCCO1. The van der Waals surface area contributed by atoms with Crippen molar-refractivity contribution in [3.8, 4) is 0 Å². The van der Waals surface area contributed by atoms with Gasteiger partial charge in [-0.1, -0.05) is 0 Å². The van der Waals surface area contributed by atoms with E-state index in [9.17, 15) is 4.79 Å². The average molecular weight is 247 g/mol. The fraction of sp³-hybridized carbons (Fsp3) is 0.909. The molecule has 0 aromatic carbocycles. The first-order valence-corrected chi connectivity index (χ1v) is 7.01. The van der Waals surface area contributed by atoms with E-state index in [0.717, 1.165) is 24.5 Å². The molecule has 94 valence electrons. The molecule has 2 N–H and O–H groups in total. The normalized spacial score (nSPS) is 22.0. The van der Waals surface area contributed by atoms with Gasteiger partial charge in [0.1, 0.15) is 6.04 Å². The molecule has 5 heteroatoms. The molecule has 2 unspecified atom stereocenters. The number of ether oxygens (including phenoxy) is 2. The number of esters is 1. The van der Waals surface area contributed by atoms with Crippen LogP contribution in [0.4, 0.5) is 0 Å². The largest absolute Gasteiger partial charge is 0.465 e. The molecule has 0 radical (unpaired) electrons. The summed E-state index contributed by atoms with van der Waals surface area (Å²) in [5, 5.41) is 0. The van der Waals surface area contributed by atoms with E-state index in [1.807, 2.05) is 0 Å². The highest BCUT2D eigenvalue weighted by Crippen LogP contribution is 2.17. The average Bonchev–Trinajstić information content (AvgIpc) is 2.77. The Labute approximate surface area is 101 Å². The lowest BCUT2D eigenvalue weighted by Gasteiger charge is -2.11. The number of rotatable bonds is 7. The predicted molar refractivity (Wildman–Crippen MR) is 65.5 cm³/mol. The van der Waals surface area contributed by atoms with Crippen LogP contribution < -0.4 is 5.73 Å². The second-order valence-electron chi connectivity index (χ2n) is 3.86. The Morgan fingerprint density at radius 2 is 2.50 bits per heavy atom. The van der Waals surface area contributed by atoms with E-state index in [4.69, 9.17) is 15.2 Å². The molecule has 1 aliphatic rings. The second kappa shape index (κ2) is 7.92. The molecule has 4 nitrogen and oxygen atoms in total. The van der Waals surface area contributed by atoms with E-state index in [-0.39, 0.29) is 5.97 Å². The summed E-state index contributed by atoms with van der Waals surface area (Å²) >= 11 is 1.80. The Hall–Kier alpha value is -0.260. The Morgan fingerprint density at radius 1 is 1.69 bits per heavy atom. The second-order valence-corrected chi connectivity index (χ2v) is 5.01. The van der Waals surface area contributed by atoms with Gasteiger partial charge in [0.05, 0.1) is 12.7 Å². The molecule has 0 aromatic heterocycles. The van der Waals surface area contributed by atoms with Crippen molar-refractivity contribution in [1.82, 2.24) is 0 Å². The maximum absolute atomic E-state index is 11.2. The zero-order valence-corrected chi connectivity index (χ0v) is 10.6. The van der Waals surface area contributed by atoms with Gasteiger partial charge in [0.25, 0.3) is 0 Å². The van der Waals surface area contributed by atoms with Crippen LogP contribution in [0.3, 0.4) is 0 Å². The molecule has 1 saturated heterocycles. The summed E-state index contributed by atoms with van der Waals surface area (Å²) in [5.41, 5.74) is 5.68. The maximum atomic E-state index is 11.2. The minimum atomic E-state index is -0.475. The molecular formula is C11H21NO3S. The van der Waals surface area contributed by atoms with E-state index in [2.05, 4.69) is 0 Å². The maximum Gasteiger partial charge on any atom is 0.322 e. The van der Waals surface area contributed by atoms with Crippen LogP contribution in [0.5, 0.6) is 0 Å². The summed E-state index contributed by atoms with van der Waals surface area (Å²) in [5.74, 6) is 1.61. The Bertz CT molecular complexity index is 207. The molecule has 0 aromatic rings. The van der Waals surface area contributed by atoms with Gasteiger partial charge < -0.3 is 15.2 Å². The van der Waals surface area contributed by atoms with Gasteiger partial charge in [-0.15, -0.1) is 0 Å². The van der Waals surface area contributed by atoms with E-state index in [1.165, 1.54) is 6.42 Å². The molecule has 0 bridgehead atoms. The first kappa shape index (κ1) is 13.8. The molecule has 2 atom stereocenters. The summed E-state index contributed by atoms with van der Waals surface area (Å²) in [4.78, 5) is 11.2. The van der Waals surface area contributed by atoms with E-state index >= 15 is 0 Å². The third-order valence-electron chi connectivity index (χ3n) is 2.49. The molecule has 0 spiro atoms. The lowest BCUT2D eigenvalue weighted by molar-refractivity contribution is -0.144. The smallest absolute Gasteiger partial charge is 0.322 e. The molecule has 0 amide bonds. The van der Waals surface area contributed by atoms with Gasteiger partial charge in [-0.3, -0.25) is 4.79 Å². The van der Waals surface area contributed by atoms with Crippen molar-refractivity contribution in [2.24, 2.45) is 5.73 Å². The highest BCUT2D eigenvalue weighted by molar-refractivity contribution is 7.99. The van der Waals surface area contributed by atoms with Crippen LogP contribution in [0.2, 0.25) is 0 Å². The lowest BCUT2D eigenvalue weighted by atomic mass is 10.2. The van der Waals surface area contributed by atoms with E-state index < -0.39 is 6.04 Å². The first-order valence-electron chi connectivity index (χ1n) is 5.85. The van der Waals surface area contributed by atoms with E-state index in [1.54, 1.807) is 18.7 Å². The van der Waals surface area contributed by atoms with E-state index in [0.29, 0.717) is 19.1 Å². The molecule has 0 saturated carbocycles. The summed E-state index contributed by atoms with van der Waals surface area (Å²) in [7, 11) is 0. The molecule has 1 aliphatic heterocycles. The molecule has 16 heavy (non-hydrogen) atoms. The molecule has 1 heterocycles. The molecular weight excluding hydrogens is 226 g/mol. The van der Waals surface area contributed by atoms with Gasteiger partial charge in [0.15, 0.2) is 0 Å². The van der Waals surface area contributed by atoms with Crippen molar-refractivity contribution in [2.75, 3.05) is 24.7 Å². The van der Waals surface area contributed by atoms with Gasteiger partial charge in [0, 0.05) is 12.4 Å². The van der Waals surface area contributed by atoms with Crippen molar-refractivity contribution in [3.05, 3.63) is 0 Å². The predicted octanol–water partition coefficient (Wildman–Crippen LogP) is 1.18. The van der Waals surface area contributed by atoms with Gasteiger partial charge in [0.2, 0.25) is 0 Å². The lowest BCUT2D eigenvalue weighted by Crippen LogP contribution is -2.32. The fourth-order valence-electron chi connectivity index (χ4n) is 1.57. The van der Waals surface area contributed by atoms with Crippen molar-refractivity contribution in [3.63, 3.8) is 0 Å². The highest BCUT2D eigenvalue weighted by atomic mass is 32.2. The van der Waals surface area contributed by atoms with Gasteiger partial charge in [-0.25, -0.2) is 0 Å². The van der Waals surface area contributed by atoms with Crippen molar-refractivity contribution in [1.29, 1.82) is 0 Å². The molecule has 1 fully saturated rings. The van der Waals surface area contributed by atoms with Crippen molar-refractivity contribution >= 4 is 17.7 Å². The number of carbonyl (C=O) groups excluding carboxylic acids is 1. The standard InChI is InChI=1S/C11H21NO3S/c1-2-14-11(13)10(12)5-7-16-8-9-4-3-6-15-9/h9-10H,2-8,12H2,1H3.